The second kappa shape index (κ2) is 9.94. The number of nitrogens with two attached hydrogens (primary N) is 1. The largest absolute Gasteiger partial charge is 0.474 e. The predicted molar refractivity (Wildman–Crippen MR) is 134 cm³/mol. The van der Waals surface area contributed by atoms with Crippen LogP contribution < -0.4 is 9.88 Å². The van der Waals surface area contributed by atoms with Crippen LogP contribution >= 0.6 is 0 Å². The van der Waals surface area contributed by atoms with Crippen molar-refractivity contribution in [1.29, 1.82) is 0 Å². The molecule has 1 amide bonds. The minimum Gasteiger partial charge on any atom is -0.474 e. The number of sulfonamides is 1. The van der Waals surface area contributed by atoms with Gasteiger partial charge in [0.05, 0.1) is 13.2 Å². The van der Waals surface area contributed by atoms with Crippen molar-refractivity contribution in [3.63, 3.8) is 0 Å². The first-order valence-corrected chi connectivity index (χ1v) is 14.6. The van der Waals surface area contributed by atoms with Gasteiger partial charge in [-0.2, -0.15) is 0 Å². The molecule has 0 bridgehead atoms. The summed E-state index contributed by atoms with van der Waals surface area (Å²) in [5, 5.41) is 5.12. The van der Waals surface area contributed by atoms with E-state index in [0.717, 1.165) is 57.8 Å². The van der Waals surface area contributed by atoms with Crippen LogP contribution in [0.2, 0.25) is 0 Å². The van der Waals surface area contributed by atoms with Gasteiger partial charge in [0, 0.05) is 63.5 Å². The summed E-state index contributed by atoms with van der Waals surface area (Å²) in [6.45, 7) is 5.59. The Balaban J connectivity index is 1.05. The lowest BCUT2D eigenvalue weighted by Gasteiger charge is -2.24. The summed E-state index contributed by atoms with van der Waals surface area (Å²) in [6.07, 6.45) is 7.53. The van der Waals surface area contributed by atoms with Crippen molar-refractivity contribution in [3.05, 3.63) is 47.4 Å². The van der Waals surface area contributed by atoms with Gasteiger partial charge in [0.15, 0.2) is 0 Å². The molecule has 0 aromatic carbocycles. The number of rotatable bonds is 7. The van der Waals surface area contributed by atoms with Gasteiger partial charge in [-0.15, -0.1) is 0 Å². The highest BCUT2D eigenvalue weighted by Crippen LogP contribution is 2.44. The van der Waals surface area contributed by atoms with Gasteiger partial charge >= 0.3 is 0 Å². The summed E-state index contributed by atoms with van der Waals surface area (Å²) in [7, 11) is -3.83. The maximum Gasteiger partial charge on any atom is 0.272 e. The fourth-order valence-corrected chi connectivity index (χ4v) is 6.28. The third-order valence-corrected chi connectivity index (χ3v) is 8.84. The maximum absolute atomic E-state index is 12.9. The third-order valence-electron chi connectivity index (χ3n) is 7.94. The average Bonchev–Trinajstić information content (AvgIpc) is 3.56. The number of fused-ring (bicyclic) bond motifs is 1. The number of likely N-dealkylation sites (tertiary alicyclic amines) is 2. The first-order chi connectivity index (χ1) is 17.8. The minimum absolute atomic E-state index is 0.0968. The van der Waals surface area contributed by atoms with Crippen LogP contribution in [0.4, 0.5) is 0 Å². The summed E-state index contributed by atoms with van der Waals surface area (Å²) in [6, 6.07) is 5.06. The lowest BCUT2D eigenvalue weighted by Crippen LogP contribution is -2.33. The number of primary sulfonamides is 1. The molecule has 4 aliphatic rings. The quantitative estimate of drug-likeness (QED) is 0.577. The first-order valence-electron chi connectivity index (χ1n) is 13.1. The molecule has 2 aromatic rings. The monoisotopic (exact) mass is 527 g/mol. The van der Waals surface area contributed by atoms with Crippen LogP contribution in [0.15, 0.2) is 35.5 Å². The number of carbonyl (C=O) groups excluding carboxylic acids is 1. The molecule has 0 unspecified atom stereocenters. The van der Waals surface area contributed by atoms with Crippen molar-refractivity contribution < 1.29 is 22.7 Å². The Morgan fingerprint density at radius 2 is 1.76 bits per heavy atom. The van der Waals surface area contributed by atoms with Crippen LogP contribution in [-0.2, 0) is 21.3 Å². The summed E-state index contributed by atoms with van der Waals surface area (Å²) < 4.78 is 34.6. The molecular weight excluding hydrogens is 494 g/mol. The zero-order valence-corrected chi connectivity index (χ0v) is 21.6. The van der Waals surface area contributed by atoms with E-state index in [1.807, 2.05) is 11.1 Å². The van der Waals surface area contributed by atoms with Gasteiger partial charge in [0.2, 0.25) is 15.9 Å². The number of nitrogens with zero attached hydrogens (tertiary/aromatic N) is 4. The Labute approximate surface area is 217 Å². The number of aromatic nitrogens is 2. The van der Waals surface area contributed by atoms with E-state index in [2.05, 4.69) is 16.0 Å². The van der Waals surface area contributed by atoms with Crippen molar-refractivity contribution in [2.24, 2.45) is 17.0 Å². The summed E-state index contributed by atoms with van der Waals surface area (Å²) >= 11 is 0. The van der Waals surface area contributed by atoms with Gasteiger partial charge < -0.3 is 14.4 Å². The smallest absolute Gasteiger partial charge is 0.272 e. The van der Waals surface area contributed by atoms with Crippen LogP contribution in [0.25, 0.3) is 0 Å². The normalized spacial score (nSPS) is 24.8. The van der Waals surface area contributed by atoms with Crippen LogP contribution in [0.3, 0.4) is 0 Å². The molecule has 2 aromatic heterocycles. The molecule has 0 spiro atoms. The van der Waals surface area contributed by atoms with Gasteiger partial charge in [-0.3, -0.25) is 9.69 Å². The van der Waals surface area contributed by atoms with E-state index in [1.54, 1.807) is 0 Å². The van der Waals surface area contributed by atoms with E-state index < -0.39 is 10.0 Å². The molecule has 1 saturated carbocycles. The molecule has 3 saturated heterocycles. The number of hydrogen-bond acceptors (Lipinski definition) is 8. The van der Waals surface area contributed by atoms with Crippen molar-refractivity contribution in [2.45, 2.75) is 49.1 Å². The third kappa shape index (κ3) is 5.50. The lowest BCUT2D eigenvalue weighted by molar-refractivity contribution is 0.0233. The predicted octanol–water partition coefficient (Wildman–Crippen LogP) is 1.76. The first kappa shape index (κ1) is 24.7. The average molecular weight is 528 g/mol. The van der Waals surface area contributed by atoms with E-state index in [0.29, 0.717) is 30.8 Å². The van der Waals surface area contributed by atoms with Crippen molar-refractivity contribution in [1.82, 2.24) is 19.8 Å². The van der Waals surface area contributed by atoms with Gasteiger partial charge in [0.25, 0.3) is 5.91 Å². The Hall–Kier alpha value is -2.60. The molecule has 37 heavy (non-hydrogen) atoms. The molecule has 198 valence electrons. The molecule has 2 atom stereocenters. The number of carbonyl (C=O) groups is 1. The van der Waals surface area contributed by atoms with E-state index in [9.17, 15) is 13.2 Å². The molecule has 2 N–H and O–H groups in total. The van der Waals surface area contributed by atoms with Gasteiger partial charge in [0.1, 0.15) is 16.7 Å². The Bertz CT molecular complexity index is 1250. The fraction of sp³-hybridized carbons (Fsp3) is 0.577. The molecule has 1 aliphatic carbocycles. The van der Waals surface area contributed by atoms with Crippen LogP contribution in [0.1, 0.15) is 53.2 Å². The SMILES string of the molecule is NS(=O)(=O)c1ccc(C(=O)N2C[C@H]3CN(Cc4cnc(OC5CCOCC5)c(C5CC5)c4)C[C@@H]3C2)nc1. The molecule has 6 rings (SSSR count). The van der Waals surface area contributed by atoms with Crippen molar-refractivity contribution in [2.75, 3.05) is 39.4 Å². The summed E-state index contributed by atoms with van der Waals surface area (Å²) in [5.41, 5.74) is 2.71. The number of amides is 1. The van der Waals surface area contributed by atoms with Crippen LogP contribution in [0.5, 0.6) is 5.88 Å². The van der Waals surface area contributed by atoms with E-state index >= 15 is 0 Å². The van der Waals surface area contributed by atoms with Gasteiger partial charge in [-0.05, 0) is 54.4 Å². The van der Waals surface area contributed by atoms with Crippen molar-refractivity contribution >= 4 is 15.9 Å². The second-order valence-electron chi connectivity index (χ2n) is 10.8. The highest BCUT2D eigenvalue weighted by molar-refractivity contribution is 7.89. The molecule has 4 fully saturated rings. The van der Waals surface area contributed by atoms with Gasteiger partial charge in [-0.1, -0.05) is 0 Å². The minimum atomic E-state index is -3.83. The van der Waals surface area contributed by atoms with Crippen LogP contribution in [-0.4, -0.2) is 79.6 Å². The second-order valence-corrected chi connectivity index (χ2v) is 12.4. The lowest BCUT2D eigenvalue weighted by atomic mass is 10.0. The van der Waals surface area contributed by atoms with Crippen molar-refractivity contribution in [3.8, 4) is 5.88 Å². The zero-order chi connectivity index (χ0) is 25.6. The highest BCUT2D eigenvalue weighted by Gasteiger charge is 2.42. The number of pyridine rings is 2. The number of hydrogen-bond donors (Lipinski definition) is 1. The Morgan fingerprint density at radius 1 is 1.03 bits per heavy atom. The molecular formula is C26H33N5O5S. The van der Waals surface area contributed by atoms with E-state index in [-0.39, 0.29) is 22.6 Å². The molecule has 3 aliphatic heterocycles. The highest BCUT2D eigenvalue weighted by atomic mass is 32.2. The fourth-order valence-electron chi connectivity index (χ4n) is 5.82. The number of ether oxygens (including phenoxy) is 2. The Morgan fingerprint density at radius 3 is 2.38 bits per heavy atom. The zero-order valence-electron chi connectivity index (χ0n) is 20.8. The molecule has 0 radical (unpaired) electrons. The summed E-state index contributed by atoms with van der Waals surface area (Å²) in [5.74, 6) is 2.03. The standard InChI is InChI=1S/C26H33N5O5S/c27-37(33,34)22-3-4-24(28-11-22)26(32)31-15-19-13-30(14-20(19)16-31)12-17-9-23(18-1-2-18)25(29-10-17)36-21-5-7-35-8-6-21/h3-4,9-11,18-21H,1-2,5-8,12-16H2,(H2,27,33,34)/t19-,20-/m1/s1. The topological polar surface area (TPSA) is 128 Å². The van der Waals surface area contributed by atoms with E-state index in [1.165, 1.54) is 36.1 Å². The van der Waals surface area contributed by atoms with Crippen LogP contribution in [0, 0.1) is 11.8 Å². The maximum atomic E-state index is 12.9. The summed E-state index contributed by atoms with van der Waals surface area (Å²) in [4.78, 5) is 25.9. The molecule has 10 nitrogen and oxygen atoms in total. The Kier molecular flexibility index (Phi) is 6.64. The van der Waals surface area contributed by atoms with Gasteiger partial charge in [-0.25, -0.2) is 23.5 Å². The van der Waals surface area contributed by atoms with E-state index in [4.69, 9.17) is 19.6 Å². The molecule has 11 heteroatoms. The molecule has 5 heterocycles.